The molecule has 0 bridgehead atoms. The first-order valence-corrected chi connectivity index (χ1v) is 9.46. The Labute approximate surface area is 143 Å². The van der Waals surface area contributed by atoms with Crippen molar-refractivity contribution in [2.45, 2.75) is 4.90 Å². The number of sulfonamides is 1. The standard InChI is InChI=1S/C16H16BrFN2O2S/c17-13-1-5-15(6-2-13)19-9-11-20(12-10-19)23(21,22)16-7-3-14(18)4-8-16/h1-8H,9-12H2. The molecule has 0 unspecified atom stereocenters. The van der Waals surface area contributed by atoms with Crippen molar-refractivity contribution in [3.05, 3.63) is 58.8 Å². The lowest BCUT2D eigenvalue weighted by Crippen LogP contribution is -2.48. The molecule has 1 fully saturated rings. The van der Waals surface area contributed by atoms with Crippen molar-refractivity contribution in [2.75, 3.05) is 31.1 Å². The Morgan fingerprint density at radius 2 is 1.43 bits per heavy atom. The minimum absolute atomic E-state index is 0.135. The van der Waals surface area contributed by atoms with Gasteiger partial charge in [0.25, 0.3) is 0 Å². The molecule has 0 amide bonds. The third-order valence-electron chi connectivity index (χ3n) is 3.88. The van der Waals surface area contributed by atoms with Crippen LogP contribution in [0.3, 0.4) is 0 Å². The van der Waals surface area contributed by atoms with E-state index in [1.54, 1.807) is 0 Å². The predicted molar refractivity (Wildman–Crippen MR) is 91.5 cm³/mol. The number of hydrogen-bond acceptors (Lipinski definition) is 3. The SMILES string of the molecule is O=S(=O)(c1ccc(F)cc1)N1CCN(c2ccc(Br)cc2)CC1. The lowest BCUT2D eigenvalue weighted by Gasteiger charge is -2.35. The minimum atomic E-state index is -3.56. The summed E-state index contributed by atoms with van der Waals surface area (Å²) in [7, 11) is -3.56. The van der Waals surface area contributed by atoms with Crippen molar-refractivity contribution in [1.82, 2.24) is 4.31 Å². The molecule has 1 aliphatic heterocycles. The van der Waals surface area contributed by atoms with Crippen LogP contribution in [0.1, 0.15) is 0 Å². The molecule has 0 N–H and O–H groups in total. The normalized spacial score (nSPS) is 16.5. The van der Waals surface area contributed by atoms with Crippen molar-refractivity contribution in [3.63, 3.8) is 0 Å². The van der Waals surface area contributed by atoms with Gasteiger partial charge in [-0.05, 0) is 48.5 Å². The molecule has 1 heterocycles. The number of benzene rings is 2. The number of hydrogen-bond donors (Lipinski definition) is 0. The zero-order chi connectivity index (χ0) is 16.4. The van der Waals surface area contributed by atoms with Gasteiger partial charge in [-0.1, -0.05) is 15.9 Å². The Hall–Kier alpha value is -1.44. The fourth-order valence-corrected chi connectivity index (χ4v) is 4.28. The fraction of sp³-hybridized carbons (Fsp3) is 0.250. The molecule has 3 rings (SSSR count). The number of nitrogens with zero attached hydrogens (tertiary/aromatic N) is 2. The molecule has 2 aromatic carbocycles. The van der Waals surface area contributed by atoms with E-state index in [0.717, 1.165) is 10.2 Å². The first-order chi connectivity index (χ1) is 11.0. The molecule has 0 radical (unpaired) electrons. The average Bonchev–Trinajstić information content (AvgIpc) is 2.56. The summed E-state index contributed by atoms with van der Waals surface area (Å²) in [6.45, 7) is 2.08. The zero-order valence-electron chi connectivity index (χ0n) is 12.3. The highest BCUT2D eigenvalue weighted by Crippen LogP contribution is 2.22. The van der Waals surface area contributed by atoms with Crippen LogP contribution in [-0.4, -0.2) is 38.9 Å². The van der Waals surface area contributed by atoms with E-state index in [-0.39, 0.29) is 4.90 Å². The second kappa shape index (κ2) is 6.59. The molecule has 122 valence electrons. The summed E-state index contributed by atoms with van der Waals surface area (Å²) in [4.78, 5) is 2.29. The van der Waals surface area contributed by atoms with Gasteiger partial charge in [-0.2, -0.15) is 4.31 Å². The summed E-state index contributed by atoms with van der Waals surface area (Å²) in [5.41, 5.74) is 1.08. The van der Waals surface area contributed by atoms with Crippen molar-refractivity contribution >= 4 is 31.6 Å². The van der Waals surface area contributed by atoms with Crippen molar-refractivity contribution < 1.29 is 12.8 Å². The summed E-state index contributed by atoms with van der Waals surface area (Å²) in [5.74, 6) is -0.441. The molecule has 23 heavy (non-hydrogen) atoms. The monoisotopic (exact) mass is 398 g/mol. The van der Waals surface area contributed by atoms with E-state index >= 15 is 0 Å². The number of anilines is 1. The maximum absolute atomic E-state index is 13.0. The Morgan fingerprint density at radius 3 is 2.00 bits per heavy atom. The topological polar surface area (TPSA) is 40.6 Å². The largest absolute Gasteiger partial charge is 0.369 e. The number of rotatable bonds is 3. The molecular formula is C16H16BrFN2O2S. The molecule has 0 aromatic heterocycles. The van der Waals surface area contributed by atoms with Gasteiger partial charge in [0.05, 0.1) is 4.90 Å². The van der Waals surface area contributed by atoms with Gasteiger partial charge in [0, 0.05) is 36.3 Å². The Kier molecular flexibility index (Phi) is 4.70. The maximum Gasteiger partial charge on any atom is 0.243 e. The highest BCUT2D eigenvalue weighted by atomic mass is 79.9. The van der Waals surface area contributed by atoms with E-state index in [1.165, 1.54) is 28.6 Å². The first-order valence-electron chi connectivity index (χ1n) is 7.23. The molecule has 2 aromatic rings. The molecule has 1 saturated heterocycles. The minimum Gasteiger partial charge on any atom is -0.369 e. The summed E-state index contributed by atoms with van der Waals surface area (Å²) in [6, 6.07) is 12.9. The van der Waals surface area contributed by atoms with Gasteiger partial charge in [0.15, 0.2) is 0 Å². The maximum atomic E-state index is 13.0. The van der Waals surface area contributed by atoms with E-state index in [2.05, 4.69) is 20.8 Å². The highest BCUT2D eigenvalue weighted by molar-refractivity contribution is 9.10. The van der Waals surface area contributed by atoms with Gasteiger partial charge in [-0.15, -0.1) is 0 Å². The lowest BCUT2D eigenvalue weighted by atomic mass is 10.2. The fourth-order valence-electron chi connectivity index (χ4n) is 2.59. The highest BCUT2D eigenvalue weighted by Gasteiger charge is 2.28. The average molecular weight is 399 g/mol. The van der Waals surface area contributed by atoms with Crippen LogP contribution in [0.25, 0.3) is 0 Å². The van der Waals surface area contributed by atoms with Crippen LogP contribution in [0.2, 0.25) is 0 Å². The third-order valence-corrected chi connectivity index (χ3v) is 6.32. The van der Waals surface area contributed by atoms with E-state index in [9.17, 15) is 12.8 Å². The second-order valence-corrected chi connectivity index (χ2v) is 8.18. The summed E-state index contributed by atoms with van der Waals surface area (Å²) in [6.07, 6.45) is 0. The molecule has 7 heteroatoms. The summed E-state index contributed by atoms with van der Waals surface area (Å²) in [5, 5.41) is 0. The van der Waals surface area contributed by atoms with E-state index in [0.29, 0.717) is 26.2 Å². The molecule has 1 aliphatic rings. The lowest BCUT2D eigenvalue weighted by molar-refractivity contribution is 0.385. The van der Waals surface area contributed by atoms with Crippen molar-refractivity contribution in [3.8, 4) is 0 Å². The Balaban J connectivity index is 1.70. The van der Waals surface area contributed by atoms with Crippen LogP contribution >= 0.6 is 15.9 Å². The first kappa shape index (κ1) is 16.4. The molecule has 0 aliphatic carbocycles. The van der Waals surface area contributed by atoms with Gasteiger partial charge >= 0.3 is 0 Å². The molecule has 0 saturated carbocycles. The number of halogens is 2. The van der Waals surface area contributed by atoms with Gasteiger partial charge < -0.3 is 4.90 Å². The summed E-state index contributed by atoms with van der Waals surface area (Å²) < 4.78 is 40.6. The zero-order valence-corrected chi connectivity index (χ0v) is 14.7. The Morgan fingerprint density at radius 1 is 0.870 bits per heavy atom. The van der Waals surface area contributed by atoms with Crippen molar-refractivity contribution in [2.24, 2.45) is 0 Å². The molecule has 0 atom stereocenters. The van der Waals surface area contributed by atoms with E-state index < -0.39 is 15.8 Å². The summed E-state index contributed by atoms with van der Waals surface area (Å²) >= 11 is 3.40. The Bertz CT molecular complexity index is 771. The van der Waals surface area contributed by atoms with E-state index in [1.807, 2.05) is 24.3 Å². The predicted octanol–water partition coefficient (Wildman–Crippen LogP) is 3.10. The third kappa shape index (κ3) is 3.57. The van der Waals surface area contributed by atoms with Crippen LogP contribution in [0.15, 0.2) is 57.9 Å². The van der Waals surface area contributed by atoms with Crippen LogP contribution in [-0.2, 0) is 10.0 Å². The van der Waals surface area contributed by atoms with E-state index in [4.69, 9.17) is 0 Å². The van der Waals surface area contributed by atoms with Gasteiger partial charge in [-0.3, -0.25) is 0 Å². The van der Waals surface area contributed by atoms with Crippen LogP contribution in [0.4, 0.5) is 10.1 Å². The van der Waals surface area contributed by atoms with Crippen LogP contribution < -0.4 is 4.90 Å². The second-order valence-electron chi connectivity index (χ2n) is 5.32. The number of piperazine rings is 1. The van der Waals surface area contributed by atoms with Gasteiger partial charge in [-0.25, -0.2) is 12.8 Å². The molecule has 4 nitrogen and oxygen atoms in total. The van der Waals surface area contributed by atoms with Gasteiger partial charge in [0.2, 0.25) is 10.0 Å². The van der Waals surface area contributed by atoms with Gasteiger partial charge in [0.1, 0.15) is 5.82 Å². The van der Waals surface area contributed by atoms with Crippen LogP contribution in [0, 0.1) is 5.82 Å². The van der Waals surface area contributed by atoms with Crippen molar-refractivity contribution in [1.29, 1.82) is 0 Å². The molecule has 0 spiro atoms. The molecular weight excluding hydrogens is 383 g/mol. The smallest absolute Gasteiger partial charge is 0.243 e. The quantitative estimate of drug-likeness (QED) is 0.797. The van der Waals surface area contributed by atoms with Crippen LogP contribution in [0.5, 0.6) is 0 Å².